The lowest BCUT2D eigenvalue weighted by Crippen LogP contribution is -2.39. The van der Waals surface area contributed by atoms with Gasteiger partial charge in [0.25, 0.3) is 0 Å². The van der Waals surface area contributed by atoms with E-state index in [9.17, 15) is 9.18 Å². The topological polar surface area (TPSA) is 41.1 Å². The van der Waals surface area contributed by atoms with Gasteiger partial charge in [-0.1, -0.05) is 6.07 Å². The van der Waals surface area contributed by atoms with Gasteiger partial charge in [0.2, 0.25) is 5.91 Å². The molecule has 3 rings (SSSR count). The molecule has 2 aliphatic heterocycles. The number of piperidine rings is 1. The molecule has 1 amide bonds. The monoisotopic (exact) mass is 312 g/mol. The van der Waals surface area contributed by atoms with Gasteiger partial charge in [-0.3, -0.25) is 4.79 Å². The summed E-state index contributed by atoms with van der Waals surface area (Å²) in [5.74, 6) is -0.00301. The van der Waals surface area contributed by atoms with Crippen LogP contribution < -0.4 is 10.6 Å². The Morgan fingerprint density at radius 1 is 1.33 bits per heavy atom. The zero-order chi connectivity index (χ0) is 14.1. The maximum atomic E-state index is 13.6. The van der Waals surface area contributed by atoms with Crippen molar-refractivity contribution in [1.29, 1.82) is 0 Å². The fourth-order valence-electron chi connectivity index (χ4n) is 3.54. The summed E-state index contributed by atoms with van der Waals surface area (Å²) < 4.78 is 13.6. The number of benzene rings is 1. The van der Waals surface area contributed by atoms with Crippen LogP contribution in [0.15, 0.2) is 18.2 Å². The second-order valence-corrected chi connectivity index (χ2v) is 6.21. The van der Waals surface area contributed by atoms with Gasteiger partial charge in [-0.2, -0.15) is 0 Å². The number of fused-ring (bicyclic) bond motifs is 2. The van der Waals surface area contributed by atoms with Crippen LogP contribution in [-0.4, -0.2) is 18.0 Å². The van der Waals surface area contributed by atoms with Crippen molar-refractivity contribution < 1.29 is 9.18 Å². The average Bonchev–Trinajstić information content (AvgIpc) is 2.73. The number of carbonyl (C=O) groups excluding carboxylic acids is 1. The van der Waals surface area contributed by atoms with Crippen molar-refractivity contribution in [3.05, 3.63) is 29.6 Å². The van der Waals surface area contributed by atoms with Gasteiger partial charge in [0.1, 0.15) is 5.82 Å². The van der Waals surface area contributed by atoms with Crippen LogP contribution in [-0.2, 0) is 4.79 Å². The molecule has 21 heavy (non-hydrogen) atoms. The highest BCUT2D eigenvalue weighted by Crippen LogP contribution is 2.32. The molecule has 1 aromatic carbocycles. The van der Waals surface area contributed by atoms with E-state index in [-0.39, 0.29) is 24.1 Å². The van der Waals surface area contributed by atoms with Gasteiger partial charge >= 0.3 is 0 Å². The van der Waals surface area contributed by atoms with Crippen LogP contribution in [0.25, 0.3) is 0 Å². The van der Waals surface area contributed by atoms with Crippen molar-refractivity contribution in [2.24, 2.45) is 5.92 Å². The predicted octanol–water partition coefficient (Wildman–Crippen LogP) is 3.42. The second kappa shape index (κ2) is 6.75. The lowest BCUT2D eigenvalue weighted by atomic mass is 9.89. The van der Waals surface area contributed by atoms with Gasteiger partial charge < -0.3 is 10.6 Å². The van der Waals surface area contributed by atoms with Crippen molar-refractivity contribution in [2.45, 2.75) is 51.1 Å². The quantitative estimate of drug-likeness (QED) is 0.898. The Morgan fingerprint density at radius 3 is 2.67 bits per heavy atom. The van der Waals surface area contributed by atoms with Gasteiger partial charge in [0.05, 0.1) is 5.69 Å². The molecule has 2 heterocycles. The molecule has 2 bridgehead atoms. The third-order valence-electron chi connectivity index (χ3n) is 4.44. The fourth-order valence-corrected chi connectivity index (χ4v) is 3.54. The summed E-state index contributed by atoms with van der Waals surface area (Å²) in [4.78, 5) is 12.1. The van der Waals surface area contributed by atoms with Gasteiger partial charge in [0, 0.05) is 18.5 Å². The number of hydrogen-bond donors (Lipinski definition) is 2. The summed E-state index contributed by atoms with van der Waals surface area (Å²) in [5, 5.41) is 6.28. The van der Waals surface area contributed by atoms with Crippen LogP contribution in [0.4, 0.5) is 10.1 Å². The average molecular weight is 313 g/mol. The molecule has 2 unspecified atom stereocenters. The molecule has 2 aliphatic rings. The maximum absolute atomic E-state index is 13.6. The Morgan fingerprint density at radius 2 is 2.00 bits per heavy atom. The van der Waals surface area contributed by atoms with E-state index in [4.69, 9.17) is 0 Å². The van der Waals surface area contributed by atoms with E-state index in [0.29, 0.717) is 30.1 Å². The minimum absolute atomic E-state index is 0. The number of aryl methyl sites for hydroxylation is 1. The number of amides is 1. The van der Waals surface area contributed by atoms with E-state index >= 15 is 0 Å². The van der Waals surface area contributed by atoms with Crippen LogP contribution in [0.1, 0.15) is 37.7 Å². The van der Waals surface area contributed by atoms with Gasteiger partial charge in [-0.05, 0) is 56.2 Å². The Bertz CT molecular complexity index is 511. The highest BCUT2D eigenvalue weighted by atomic mass is 35.5. The van der Waals surface area contributed by atoms with Crippen molar-refractivity contribution in [1.82, 2.24) is 5.32 Å². The molecule has 5 heteroatoms. The minimum Gasteiger partial charge on any atom is -0.324 e. The first-order valence-corrected chi connectivity index (χ1v) is 7.42. The van der Waals surface area contributed by atoms with E-state index in [1.165, 1.54) is 18.9 Å². The molecule has 2 fully saturated rings. The summed E-state index contributed by atoms with van der Waals surface area (Å²) in [6.45, 7) is 1.89. The molecule has 0 aromatic heterocycles. The summed E-state index contributed by atoms with van der Waals surface area (Å²) >= 11 is 0. The summed E-state index contributed by atoms with van der Waals surface area (Å²) in [6, 6.07) is 5.95. The molecular weight excluding hydrogens is 291 g/mol. The van der Waals surface area contributed by atoms with E-state index in [1.807, 2.05) is 6.92 Å². The molecule has 0 aliphatic carbocycles. The first kappa shape index (κ1) is 16.2. The number of anilines is 1. The molecule has 2 atom stereocenters. The highest BCUT2D eigenvalue weighted by molar-refractivity contribution is 5.91. The number of halogens is 2. The molecule has 116 valence electrons. The molecule has 0 radical (unpaired) electrons. The first-order chi connectivity index (χ1) is 9.60. The summed E-state index contributed by atoms with van der Waals surface area (Å²) in [5.41, 5.74) is 1.24. The highest BCUT2D eigenvalue weighted by Gasteiger charge is 2.34. The maximum Gasteiger partial charge on any atom is 0.224 e. The van der Waals surface area contributed by atoms with Crippen LogP contribution in [0.2, 0.25) is 0 Å². The first-order valence-electron chi connectivity index (χ1n) is 7.42. The standard InChI is InChI=1S/C16H21FN2O.ClH/c1-10-2-5-14(17)15(6-10)19-16(20)9-11-7-12-3-4-13(8-11)18-12;/h2,5-6,11-13,18H,3-4,7-9H2,1H3,(H,19,20);1H. The van der Waals surface area contributed by atoms with Crippen LogP contribution in [0, 0.1) is 18.7 Å². The fraction of sp³-hybridized carbons (Fsp3) is 0.562. The van der Waals surface area contributed by atoms with E-state index in [2.05, 4.69) is 10.6 Å². The lowest BCUT2D eigenvalue weighted by Gasteiger charge is -2.28. The third-order valence-corrected chi connectivity index (χ3v) is 4.44. The molecule has 1 aromatic rings. The smallest absolute Gasteiger partial charge is 0.224 e. The number of hydrogen-bond acceptors (Lipinski definition) is 2. The van der Waals surface area contributed by atoms with E-state index < -0.39 is 0 Å². The van der Waals surface area contributed by atoms with Gasteiger partial charge in [0.15, 0.2) is 0 Å². The number of carbonyl (C=O) groups is 1. The van der Waals surface area contributed by atoms with Crippen molar-refractivity contribution in [3.8, 4) is 0 Å². The molecular formula is C16H22ClFN2O. The lowest BCUT2D eigenvalue weighted by molar-refractivity contribution is -0.117. The predicted molar refractivity (Wildman–Crippen MR) is 84.3 cm³/mol. The molecule has 2 N–H and O–H groups in total. The van der Waals surface area contributed by atoms with Gasteiger partial charge in [-0.25, -0.2) is 4.39 Å². The Kier molecular flexibility index (Phi) is 5.22. The summed E-state index contributed by atoms with van der Waals surface area (Å²) in [6.07, 6.45) is 5.10. The Labute approximate surface area is 131 Å². The molecule has 0 saturated carbocycles. The second-order valence-electron chi connectivity index (χ2n) is 6.21. The molecule has 0 spiro atoms. The summed E-state index contributed by atoms with van der Waals surface area (Å²) in [7, 11) is 0. The Hall–Kier alpha value is -1.13. The van der Waals surface area contributed by atoms with Crippen LogP contribution in [0.5, 0.6) is 0 Å². The number of nitrogens with one attached hydrogen (secondary N) is 2. The van der Waals surface area contributed by atoms with Crippen molar-refractivity contribution in [3.63, 3.8) is 0 Å². The van der Waals surface area contributed by atoms with Crippen molar-refractivity contribution >= 4 is 24.0 Å². The van der Waals surface area contributed by atoms with Crippen molar-refractivity contribution in [2.75, 3.05) is 5.32 Å². The van der Waals surface area contributed by atoms with E-state index in [1.54, 1.807) is 12.1 Å². The third kappa shape index (κ3) is 3.95. The van der Waals surface area contributed by atoms with E-state index in [0.717, 1.165) is 18.4 Å². The largest absolute Gasteiger partial charge is 0.324 e. The minimum atomic E-state index is -0.366. The van der Waals surface area contributed by atoms with Crippen LogP contribution in [0.3, 0.4) is 0 Å². The zero-order valence-corrected chi connectivity index (χ0v) is 13.0. The zero-order valence-electron chi connectivity index (χ0n) is 12.2. The van der Waals surface area contributed by atoms with Crippen LogP contribution >= 0.6 is 12.4 Å². The molecule has 3 nitrogen and oxygen atoms in total. The molecule has 2 saturated heterocycles. The van der Waals surface area contributed by atoms with Gasteiger partial charge in [-0.15, -0.1) is 12.4 Å². The normalized spacial score (nSPS) is 27.0. The Balaban J connectivity index is 0.00000161. The SMILES string of the molecule is Cc1ccc(F)c(NC(=O)CC2CC3CCC(C2)N3)c1.Cl. The number of rotatable bonds is 3.